The zero-order valence-corrected chi connectivity index (χ0v) is 51.4. The third kappa shape index (κ3) is 63.2. The number of carbonyl (C=O) groups is 3. The Hall–Kier alpha value is -3.67. The van der Waals surface area contributed by atoms with E-state index < -0.39 is 6.10 Å². The molecule has 0 heterocycles. The Morgan fingerprint density at radius 1 is 0.269 bits per heavy atom. The van der Waals surface area contributed by atoms with Crippen LogP contribution in [0.4, 0.5) is 0 Å². The van der Waals surface area contributed by atoms with Crippen LogP contribution in [0.1, 0.15) is 323 Å². The zero-order chi connectivity index (χ0) is 56.4. The van der Waals surface area contributed by atoms with Crippen LogP contribution in [0.2, 0.25) is 0 Å². The molecule has 0 aliphatic carbocycles. The Morgan fingerprint density at radius 3 is 0.821 bits per heavy atom. The van der Waals surface area contributed by atoms with Crippen molar-refractivity contribution in [3.63, 3.8) is 0 Å². The highest BCUT2D eigenvalue weighted by molar-refractivity contribution is 5.71. The van der Waals surface area contributed by atoms with Gasteiger partial charge in [0.15, 0.2) is 6.10 Å². The molecule has 0 aromatic carbocycles. The Morgan fingerprint density at radius 2 is 0.513 bits per heavy atom. The molecule has 448 valence electrons. The lowest BCUT2D eigenvalue weighted by Gasteiger charge is -2.18. The first-order valence-corrected chi connectivity index (χ1v) is 33.2. The van der Waals surface area contributed by atoms with E-state index >= 15 is 0 Å². The van der Waals surface area contributed by atoms with Crippen molar-refractivity contribution in [3.8, 4) is 0 Å². The van der Waals surface area contributed by atoms with Crippen LogP contribution in [0.5, 0.6) is 0 Å². The summed E-state index contributed by atoms with van der Waals surface area (Å²) in [6, 6.07) is 0. The van der Waals surface area contributed by atoms with Gasteiger partial charge in [0, 0.05) is 19.3 Å². The Balaban J connectivity index is 4.21. The molecule has 0 aliphatic rings. The first-order valence-electron chi connectivity index (χ1n) is 33.2. The SMILES string of the molecule is CC/C=C\C/C=C\C/C=C\CCCCCCCC(=O)OC(COC(=O)CCCCCCC/C=C\C/C=C\CCCC)COC(=O)CCCCCCCCCCCCCCCCCC/C=C\C/C=C\C/C=C\CCCCCCC. The van der Waals surface area contributed by atoms with E-state index in [2.05, 4.69) is 118 Å². The fraction of sp³-hybridized carbons (Fsp3) is 0.736. The topological polar surface area (TPSA) is 78.9 Å². The molecule has 1 unspecified atom stereocenters. The normalized spacial score (nSPS) is 12.7. The van der Waals surface area contributed by atoms with Crippen LogP contribution in [0.3, 0.4) is 0 Å². The molecule has 0 spiro atoms. The summed E-state index contributed by atoms with van der Waals surface area (Å²) in [5.74, 6) is -0.910. The van der Waals surface area contributed by atoms with Crippen molar-refractivity contribution in [2.75, 3.05) is 13.2 Å². The quantitative estimate of drug-likeness (QED) is 0.0261. The van der Waals surface area contributed by atoms with Crippen LogP contribution in [0.25, 0.3) is 0 Å². The van der Waals surface area contributed by atoms with Gasteiger partial charge in [0.25, 0.3) is 0 Å². The molecule has 78 heavy (non-hydrogen) atoms. The number of hydrogen-bond donors (Lipinski definition) is 0. The van der Waals surface area contributed by atoms with Crippen molar-refractivity contribution in [2.45, 2.75) is 329 Å². The van der Waals surface area contributed by atoms with Gasteiger partial charge in [-0.05, 0) is 116 Å². The zero-order valence-electron chi connectivity index (χ0n) is 51.4. The molecular weight excluding hydrogens is 961 g/mol. The summed E-state index contributed by atoms with van der Waals surface area (Å²) >= 11 is 0. The van der Waals surface area contributed by atoms with Crippen molar-refractivity contribution >= 4 is 17.9 Å². The van der Waals surface area contributed by atoms with Gasteiger partial charge in [-0.15, -0.1) is 0 Å². The summed E-state index contributed by atoms with van der Waals surface area (Å²) in [4.78, 5) is 38.3. The number of ether oxygens (including phenoxy) is 3. The van der Waals surface area contributed by atoms with E-state index in [9.17, 15) is 14.4 Å². The smallest absolute Gasteiger partial charge is 0.306 e. The van der Waals surface area contributed by atoms with Gasteiger partial charge in [0.2, 0.25) is 0 Å². The van der Waals surface area contributed by atoms with Crippen LogP contribution in [-0.2, 0) is 28.6 Å². The van der Waals surface area contributed by atoms with E-state index in [0.29, 0.717) is 19.3 Å². The number of carbonyl (C=O) groups excluding carboxylic acids is 3. The molecule has 0 aromatic heterocycles. The molecule has 0 aromatic rings. The van der Waals surface area contributed by atoms with E-state index in [0.717, 1.165) is 135 Å². The van der Waals surface area contributed by atoms with E-state index in [1.165, 1.54) is 148 Å². The Kier molecular flexibility index (Phi) is 62.7. The van der Waals surface area contributed by atoms with Crippen molar-refractivity contribution in [1.29, 1.82) is 0 Å². The van der Waals surface area contributed by atoms with Gasteiger partial charge in [0.05, 0.1) is 0 Å². The van der Waals surface area contributed by atoms with E-state index in [1.807, 2.05) is 0 Å². The van der Waals surface area contributed by atoms with Crippen molar-refractivity contribution < 1.29 is 28.6 Å². The molecule has 0 bridgehead atoms. The second kappa shape index (κ2) is 65.8. The molecule has 0 amide bonds. The highest BCUT2D eigenvalue weighted by atomic mass is 16.6. The first kappa shape index (κ1) is 74.3. The van der Waals surface area contributed by atoms with Gasteiger partial charge >= 0.3 is 17.9 Å². The van der Waals surface area contributed by atoms with Crippen molar-refractivity contribution in [1.82, 2.24) is 0 Å². The predicted molar refractivity (Wildman–Crippen MR) is 339 cm³/mol. The second-order valence-corrected chi connectivity index (χ2v) is 22.0. The van der Waals surface area contributed by atoms with Gasteiger partial charge in [-0.25, -0.2) is 0 Å². The van der Waals surface area contributed by atoms with Crippen LogP contribution in [-0.4, -0.2) is 37.2 Å². The third-order valence-corrected chi connectivity index (χ3v) is 14.3. The minimum absolute atomic E-state index is 0.0878. The summed E-state index contributed by atoms with van der Waals surface area (Å²) in [5, 5.41) is 0. The summed E-state index contributed by atoms with van der Waals surface area (Å²) in [7, 11) is 0. The van der Waals surface area contributed by atoms with E-state index in [1.54, 1.807) is 0 Å². The van der Waals surface area contributed by atoms with Gasteiger partial charge in [-0.2, -0.15) is 0 Å². The standard InChI is InChI=1S/C72H124O6/c1-4-7-10-13-16-19-22-25-28-29-30-31-32-33-34-35-36-37-38-39-40-41-42-43-45-47-50-53-56-59-62-65-71(74)77-68-69(67-76-70(73)64-61-58-55-52-49-46-27-24-21-18-15-12-9-6-3)78-72(75)66-63-60-57-54-51-48-44-26-23-20-17-14-11-8-5-2/h8,11,15,17-18,20,22,24-27,29-30,32-33,44,69H,4-7,9-10,12-14,16,19,21,23,28,31,34-43,45-68H2,1-3H3/b11-8-,18-15-,20-17-,25-22-,27-24-,30-29-,33-32-,44-26-. The fourth-order valence-electron chi connectivity index (χ4n) is 9.31. The molecule has 6 nitrogen and oxygen atoms in total. The molecule has 0 fully saturated rings. The number of rotatable bonds is 60. The average Bonchev–Trinajstić information content (AvgIpc) is 3.44. The predicted octanol–water partition coefficient (Wildman–Crippen LogP) is 22.8. The molecule has 0 radical (unpaired) electrons. The molecule has 0 N–H and O–H groups in total. The molecular formula is C72H124O6. The molecule has 0 saturated heterocycles. The lowest BCUT2D eigenvalue weighted by Crippen LogP contribution is -2.30. The summed E-state index contributed by atoms with van der Waals surface area (Å²) in [6.07, 6.45) is 88.6. The maximum Gasteiger partial charge on any atom is 0.306 e. The lowest BCUT2D eigenvalue weighted by atomic mass is 10.0. The highest BCUT2D eigenvalue weighted by Gasteiger charge is 2.19. The van der Waals surface area contributed by atoms with Gasteiger partial charge < -0.3 is 14.2 Å². The summed E-state index contributed by atoms with van der Waals surface area (Å²) < 4.78 is 16.9. The molecule has 0 rings (SSSR count). The lowest BCUT2D eigenvalue weighted by molar-refractivity contribution is -0.167. The largest absolute Gasteiger partial charge is 0.462 e. The molecule has 6 heteroatoms. The Labute approximate surface area is 483 Å². The van der Waals surface area contributed by atoms with Crippen LogP contribution < -0.4 is 0 Å². The van der Waals surface area contributed by atoms with E-state index in [4.69, 9.17) is 14.2 Å². The summed E-state index contributed by atoms with van der Waals surface area (Å²) in [5.41, 5.74) is 0. The Bertz CT molecular complexity index is 1530. The van der Waals surface area contributed by atoms with Crippen molar-refractivity contribution in [2.24, 2.45) is 0 Å². The maximum absolute atomic E-state index is 12.9. The molecule has 0 aliphatic heterocycles. The minimum Gasteiger partial charge on any atom is -0.462 e. The average molecular weight is 1090 g/mol. The number of esters is 3. The van der Waals surface area contributed by atoms with Crippen LogP contribution in [0, 0.1) is 0 Å². The number of hydrogen-bond acceptors (Lipinski definition) is 6. The number of allylic oxidation sites excluding steroid dienone is 16. The van der Waals surface area contributed by atoms with Crippen LogP contribution >= 0.6 is 0 Å². The molecule has 0 saturated carbocycles. The highest BCUT2D eigenvalue weighted by Crippen LogP contribution is 2.16. The molecule has 1 atom stereocenters. The summed E-state index contributed by atoms with van der Waals surface area (Å²) in [6.45, 7) is 6.47. The minimum atomic E-state index is -0.793. The second-order valence-electron chi connectivity index (χ2n) is 22.0. The fourth-order valence-corrected chi connectivity index (χ4v) is 9.31. The van der Waals surface area contributed by atoms with Gasteiger partial charge in [-0.3, -0.25) is 14.4 Å². The van der Waals surface area contributed by atoms with Gasteiger partial charge in [0.1, 0.15) is 13.2 Å². The van der Waals surface area contributed by atoms with E-state index in [-0.39, 0.29) is 31.1 Å². The van der Waals surface area contributed by atoms with Gasteiger partial charge in [-0.1, -0.05) is 285 Å². The third-order valence-electron chi connectivity index (χ3n) is 14.3. The monoisotopic (exact) mass is 1080 g/mol. The maximum atomic E-state index is 12.9. The van der Waals surface area contributed by atoms with Crippen LogP contribution in [0.15, 0.2) is 97.2 Å². The number of unbranched alkanes of at least 4 members (excludes halogenated alkanes) is 33. The first-order chi connectivity index (χ1) is 38.5. The van der Waals surface area contributed by atoms with Crippen molar-refractivity contribution in [3.05, 3.63) is 97.2 Å².